The largest absolute Gasteiger partial charge is 0.310 e. The van der Waals surface area contributed by atoms with Gasteiger partial charge in [0.2, 0.25) is 0 Å². The van der Waals surface area contributed by atoms with Gasteiger partial charge < -0.3 is 5.32 Å². The van der Waals surface area contributed by atoms with E-state index in [4.69, 9.17) is 0 Å². The Morgan fingerprint density at radius 3 is 2.78 bits per heavy atom. The molecule has 0 radical (unpaired) electrons. The van der Waals surface area contributed by atoms with Gasteiger partial charge in [-0.3, -0.25) is 4.68 Å². The number of hydrogen-bond donors (Lipinski definition) is 1. The second kappa shape index (κ2) is 5.78. The Morgan fingerprint density at radius 1 is 1.33 bits per heavy atom. The fraction of sp³-hybridized carbons (Fsp3) is 0.429. The third-order valence-electron chi connectivity index (χ3n) is 3.10. The summed E-state index contributed by atoms with van der Waals surface area (Å²) in [4.78, 5) is 4.21. The molecule has 1 unspecified atom stereocenters. The molecule has 0 fully saturated rings. The zero-order valence-corrected chi connectivity index (χ0v) is 11.2. The van der Waals surface area contributed by atoms with Gasteiger partial charge in [0.05, 0.1) is 0 Å². The Morgan fingerprint density at radius 2 is 2.11 bits per heavy atom. The van der Waals surface area contributed by atoms with Gasteiger partial charge in [0, 0.05) is 26.1 Å². The molecule has 2 rings (SSSR count). The van der Waals surface area contributed by atoms with Crippen molar-refractivity contribution in [1.29, 1.82) is 0 Å². The van der Waals surface area contributed by atoms with Crippen molar-refractivity contribution in [1.82, 2.24) is 20.1 Å². The molecule has 0 aliphatic carbocycles. The second-order valence-electron chi connectivity index (χ2n) is 4.62. The highest BCUT2D eigenvalue weighted by Crippen LogP contribution is 2.16. The molecule has 1 N–H and O–H groups in total. The smallest absolute Gasteiger partial charge is 0.151 e. The molecule has 1 aromatic heterocycles. The fourth-order valence-electron chi connectivity index (χ4n) is 2.08. The van der Waals surface area contributed by atoms with Crippen LogP contribution in [0.5, 0.6) is 0 Å². The number of hydrogen-bond acceptors (Lipinski definition) is 3. The van der Waals surface area contributed by atoms with Crippen LogP contribution in [-0.2, 0) is 13.5 Å². The van der Waals surface area contributed by atoms with Crippen molar-refractivity contribution in [2.24, 2.45) is 7.05 Å². The summed E-state index contributed by atoms with van der Waals surface area (Å²) in [6.45, 7) is 5.22. The van der Waals surface area contributed by atoms with E-state index < -0.39 is 0 Å². The van der Waals surface area contributed by atoms with Crippen molar-refractivity contribution < 1.29 is 0 Å². The summed E-state index contributed by atoms with van der Waals surface area (Å²) in [5.41, 5.74) is 2.68. The predicted octanol–water partition coefficient (Wildman–Crippen LogP) is 2.02. The van der Waals surface area contributed by atoms with Crippen molar-refractivity contribution in [2.75, 3.05) is 6.54 Å². The van der Waals surface area contributed by atoms with Crippen LogP contribution in [0.25, 0.3) is 0 Å². The van der Waals surface area contributed by atoms with Crippen LogP contribution >= 0.6 is 0 Å². The van der Waals surface area contributed by atoms with Crippen molar-refractivity contribution in [3.63, 3.8) is 0 Å². The summed E-state index contributed by atoms with van der Waals surface area (Å²) >= 11 is 0. The Labute approximate surface area is 108 Å². The number of aryl methyl sites for hydroxylation is 2. The molecule has 4 nitrogen and oxygen atoms in total. The SMILES string of the molecule is Cc1ccccc1C(C)NCCc1ncn(C)n1. The number of rotatable bonds is 5. The van der Waals surface area contributed by atoms with Crippen molar-refractivity contribution >= 4 is 0 Å². The second-order valence-corrected chi connectivity index (χ2v) is 4.62. The van der Waals surface area contributed by atoms with E-state index in [0.717, 1.165) is 18.8 Å². The van der Waals surface area contributed by atoms with E-state index in [1.54, 1.807) is 11.0 Å². The molecule has 0 spiro atoms. The van der Waals surface area contributed by atoms with Crippen LogP contribution in [-0.4, -0.2) is 21.3 Å². The van der Waals surface area contributed by atoms with Gasteiger partial charge in [-0.1, -0.05) is 24.3 Å². The van der Waals surface area contributed by atoms with Crippen LogP contribution in [0.15, 0.2) is 30.6 Å². The lowest BCUT2D eigenvalue weighted by Gasteiger charge is -2.15. The number of nitrogens with one attached hydrogen (secondary N) is 1. The maximum absolute atomic E-state index is 4.26. The third kappa shape index (κ3) is 3.17. The molecule has 1 aromatic carbocycles. The predicted molar refractivity (Wildman–Crippen MR) is 72.3 cm³/mol. The third-order valence-corrected chi connectivity index (χ3v) is 3.10. The zero-order chi connectivity index (χ0) is 13.0. The minimum absolute atomic E-state index is 0.356. The first-order chi connectivity index (χ1) is 8.66. The van der Waals surface area contributed by atoms with Crippen molar-refractivity contribution in [3.05, 3.63) is 47.5 Å². The van der Waals surface area contributed by atoms with E-state index in [2.05, 4.69) is 53.5 Å². The number of benzene rings is 1. The van der Waals surface area contributed by atoms with Crippen LogP contribution < -0.4 is 5.32 Å². The van der Waals surface area contributed by atoms with E-state index in [9.17, 15) is 0 Å². The van der Waals surface area contributed by atoms with Gasteiger partial charge in [-0.15, -0.1) is 0 Å². The molecule has 18 heavy (non-hydrogen) atoms. The minimum atomic E-state index is 0.356. The standard InChI is InChI=1S/C14H20N4/c1-11-6-4-5-7-13(11)12(2)15-9-8-14-16-10-18(3)17-14/h4-7,10,12,15H,8-9H2,1-3H3. The van der Waals surface area contributed by atoms with Gasteiger partial charge in [0.1, 0.15) is 6.33 Å². The molecular weight excluding hydrogens is 224 g/mol. The van der Waals surface area contributed by atoms with Gasteiger partial charge in [0.25, 0.3) is 0 Å². The van der Waals surface area contributed by atoms with Gasteiger partial charge in [-0.2, -0.15) is 5.10 Å². The molecule has 0 saturated heterocycles. The lowest BCUT2D eigenvalue weighted by atomic mass is 10.0. The van der Waals surface area contributed by atoms with Crippen LogP contribution in [0, 0.1) is 6.92 Å². The van der Waals surface area contributed by atoms with Gasteiger partial charge in [-0.05, 0) is 25.0 Å². The first kappa shape index (κ1) is 12.8. The Hall–Kier alpha value is -1.68. The maximum Gasteiger partial charge on any atom is 0.151 e. The zero-order valence-electron chi connectivity index (χ0n) is 11.2. The fourth-order valence-corrected chi connectivity index (χ4v) is 2.08. The topological polar surface area (TPSA) is 42.7 Å². The van der Waals surface area contributed by atoms with E-state index in [0.29, 0.717) is 6.04 Å². The quantitative estimate of drug-likeness (QED) is 0.875. The summed E-state index contributed by atoms with van der Waals surface area (Å²) in [6.07, 6.45) is 2.59. The molecule has 1 atom stereocenters. The first-order valence-electron chi connectivity index (χ1n) is 6.30. The lowest BCUT2D eigenvalue weighted by Crippen LogP contribution is -2.22. The highest BCUT2D eigenvalue weighted by molar-refractivity contribution is 5.28. The molecule has 0 aliphatic rings. The number of nitrogens with zero attached hydrogens (tertiary/aromatic N) is 3. The highest BCUT2D eigenvalue weighted by Gasteiger charge is 2.07. The van der Waals surface area contributed by atoms with Crippen LogP contribution in [0.4, 0.5) is 0 Å². The summed E-state index contributed by atoms with van der Waals surface area (Å²) in [5.74, 6) is 0.891. The molecule has 0 saturated carbocycles. The molecule has 0 bridgehead atoms. The monoisotopic (exact) mass is 244 g/mol. The van der Waals surface area contributed by atoms with Gasteiger partial charge in [0.15, 0.2) is 5.82 Å². The minimum Gasteiger partial charge on any atom is -0.310 e. The van der Waals surface area contributed by atoms with Gasteiger partial charge >= 0.3 is 0 Å². The molecule has 4 heteroatoms. The van der Waals surface area contributed by atoms with E-state index >= 15 is 0 Å². The average Bonchev–Trinajstić information content (AvgIpc) is 2.75. The molecule has 2 aromatic rings. The van der Waals surface area contributed by atoms with Crippen molar-refractivity contribution in [3.8, 4) is 0 Å². The lowest BCUT2D eigenvalue weighted by molar-refractivity contribution is 0.566. The molecule has 1 heterocycles. The van der Waals surface area contributed by atoms with Gasteiger partial charge in [-0.25, -0.2) is 4.98 Å². The van der Waals surface area contributed by atoms with Crippen LogP contribution in [0.3, 0.4) is 0 Å². The van der Waals surface area contributed by atoms with E-state index in [-0.39, 0.29) is 0 Å². The van der Waals surface area contributed by atoms with Crippen LogP contribution in [0.1, 0.15) is 29.9 Å². The molecule has 0 amide bonds. The van der Waals surface area contributed by atoms with Crippen LogP contribution in [0.2, 0.25) is 0 Å². The summed E-state index contributed by atoms with van der Waals surface area (Å²) < 4.78 is 1.74. The highest BCUT2D eigenvalue weighted by atomic mass is 15.3. The average molecular weight is 244 g/mol. The Kier molecular flexibility index (Phi) is 4.10. The summed E-state index contributed by atoms with van der Waals surface area (Å²) in [5, 5.41) is 7.77. The maximum atomic E-state index is 4.26. The van der Waals surface area contributed by atoms with E-state index in [1.807, 2.05) is 7.05 Å². The first-order valence-corrected chi connectivity index (χ1v) is 6.30. The van der Waals surface area contributed by atoms with Crippen molar-refractivity contribution in [2.45, 2.75) is 26.3 Å². The Balaban J connectivity index is 1.85. The normalized spacial score (nSPS) is 12.6. The van der Waals surface area contributed by atoms with E-state index in [1.165, 1.54) is 11.1 Å². The molecule has 96 valence electrons. The molecule has 0 aliphatic heterocycles. The summed E-state index contributed by atoms with van der Waals surface area (Å²) in [6, 6.07) is 8.83. The summed E-state index contributed by atoms with van der Waals surface area (Å²) in [7, 11) is 1.89. The molecular formula is C14H20N4. The number of aromatic nitrogens is 3. The Bertz CT molecular complexity index is 504.